The van der Waals surface area contributed by atoms with E-state index in [4.69, 9.17) is 0 Å². The van der Waals surface area contributed by atoms with Crippen molar-refractivity contribution < 1.29 is 4.79 Å². The zero-order valence-corrected chi connectivity index (χ0v) is 9.58. The van der Waals surface area contributed by atoms with Crippen molar-refractivity contribution in [2.75, 3.05) is 0 Å². The molecule has 0 aliphatic heterocycles. The van der Waals surface area contributed by atoms with Crippen LogP contribution >= 0.6 is 0 Å². The molecule has 1 fully saturated rings. The van der Waals surface area contributed by atoms with Gasteiger partial charge < -0.3 is 0 Å². The predicted molar refractivity (Wildman–Crippen MR) is 62.7 cm³/mol. The lowest BCUT2D eigenvalue weighted by Crippen LogP contribution is -2.20. The molecule has 1 saturated carbocycles. The third-order valence-corrected chi connectivity index (χ3v) is 3.93. The van der Waals surface area contributed by atoms with Gasteiger partial charge in [-0.3, -0.25) is 4.79 Å². The number of carbonyl (C=O) groups excluding carboxylic acids is 1. The van der Waals surface area contributed by atoms with E-state index in [2.05, 4.69) is 12.2 Å². The van der Waals surface area contributed by atoms with Crippen LogP contribution in [0, 0.1) is 11.8 Å². The SMILES string of the molecule is O=C1CCCCCCC2C=CCCC2C1. The maximum atomic E-state index is 11.7. The van der Waals surface area contributed by atoms with E-state index in [0.29, 0.717) is 17.6 Å². The highest BCUT2D eigenvalue weighted by molar-refractivity contribution is 5.78. The highest BCUT2D eigenvalue weighted by Gasteiger charge is 2.24. The molecule has 2 rings (SSSR count). The van der Waals surface area contributed by atoms with Crippen molar-refractivity contribution in [3.8, 4) is 0 Å². The number of Topliss-reactive ketones (excluding diaryl/α,β-unsaturated/α-hetero) is 1. The summed E-state index contributed by atoms with van der Waals surface area (Å²) in [5.41, 5.74) is 0. The Labute approximate surface area is 92.9 Å². The highest BCUT2D eigenvalue weighted by Crippen LogP contribution is 2.33. The fourth-order valence-electron chi connectivity index (χ4n) is 2.99. The Hall–Kier alpha value is -0.590. The highest BCUT2D eigenvalue weighted by atomic mass is 16.1. The van der Waals surface area contributed by atoms with Gasteiger partial charge in [0.15, 0.2) is 0 Å². The molecule has 2 unspecified atom stereocenters. The molecule has 0 aromatic rings. The summed E-state index contributed by atoms with van der Waals surface area (Å²) in [6.07, 6.45) is 15.2. The second-order valence-electron chi connectivity index (χ2n) is 5.13. The molecule has 0 aromatic carbocycles. The van der Waals surface area contributed by atoms with E-state index in [1.165, 1.54) is 38.5 Å². The maximum absolute atomic E-state index is 11.7. The molecular weight excluding hydrogens is 184 g/mol. The summed E-state index contributed by atoms with van der Waals surface area (Å²) in [5.74, 6) is 1.89. The summed E-state index contributed by atoms with van der Waals surface area (Å²) in [6, 6.07) is 0. The van der Waals surface area contributed by atoms with Crippen molar-refractivity contribution in [3.05, 3.63) is 12.2 Å². The molecule has 2 aliphatic carbocycles. The van der Waals surface area contributed by atoms with Crippen LogP contribution in [0.3, 0.4) is 0 Å². The van der Waals surface area contributed by atoms with Gasteiger partial charge in [-0.1, -0.05) is 31.4 Å². The second-order valence-corrected chi connectivity index (χ2v) is 5.13. The Morgan fingerprint density at radius 2 is 1.93 bits per heavy atom. The van der Waals surface area contributed by atoms with Crippen molar-refractivity contribution in [2.24, 2.45) is 11.8 Å². The first-order valence-electron chi connectivity index (χ1n) is 6.54. The lowest BCUT2D eigenvalue weighted by molar-refractivity contribution is -0.120. The fraction of sp³-hybridized carbons (Fsp3) is 0.786. The Balaban J connectivity index is 1.98. The van der Waals surface area contributed by atoms with E-state index in [-0.39, 0.29) is 0 Å². The Bertz CT molecular complexity index is 242. The van der Waals surface area contributed by atoms with Crippen LogP contribution in [0.15, 0.2) is 12.2 Å². The van der Waals surface area contributed by atoms with Gasteiger partial charge in [0.05, 0.1) is 0 Å². The molecule has 84 valence electrons. The molecule has 2 aliphatic rings. The van der Waals surface area contributed by atoms with Gasteiger partial charge in [0.2, 0.25) is 0 Å². The Morgan fingerprint density at radius 3 is 2.87 bits per heavy atom. The van der Waals surface area contributed by atoms with E-state index < -0.39 is 0 Å². The molecule has 0 radical (unpaired) electrons. The van der Waals surface area contributed by atoms with Gasteiger partial charge in [-0.2, -0.15) is 0 Å². The first kappa shape index (κ1) is 10.9. The number of carbonyl (C=O) groups is 1. The zero-order valence-electron chi connectivity index (χ0n) is 9.58. The molecule has 2 atom stereocenters. The predicted octanol–water partition coefficient (Wildman–Crippen LogP) is 3.88. The van der Waals surface area contributed by atoms with Crippen LogP contribution < -0.4 is 0 Å². The molecule has 0 spiro atoms. The van der Waals surface area contributed by atoms with E-state index in [1.807, 2.05) is 0 Å². The minimum Gasteiger partial charge on any atom is -0.300 e. The largest absolute Gasteiger partial charge is 0.300 e. The van der Waals surface area contributed by atoms with E-state index in [0.717, 1.165) is 19.3 Å². The van der Waals surface area contributed by atoms with Crippen LogP contribution in [0.2, 0.25) is 0 Å². The summed E-state index contributed by atoms with van der Waals surface area (Å²) in [4.78, 5) is 11.7. The summed E-state index contributed by atoms with van der Waals surface area (Å²) in [5, 5.41) is 0. The summed E-state index contributed by atoms with van der Waals surface area (Å²) < 4.78 is 0. The molecule has 0 bridgehead atoms. The molecule has 0 N–H and O–H groups in total. The first-order chi connectivity index (χ1) is 7.36. The lowest BCUT2D eigenvalue weighted by atomic mass is 9.77. The molecule has 0 amide bonds. The number of fused-ring (bicyclic) bond motifs is 1. The third kappa shape index (κ3) is 3.19. The van der Waals surface area contributed by atoms with Crippen LogP contribution in [0.4, 0.5) is 0 Å². The molecule has 0 aromatic heterocycles. The van der Waals surface area contributed by atoms with Crippen LogP contribution in [-0.2, 0) is 4.79 Å². The monoisotopic (exact) mass is 206 g/mol. The van der Waals surface area contributed by atoms with Crippen molar-refractivity contribution in [2.45, 2.75) is 57.8 Å². The van der Waals surface area contributed by atoms with Crippen LogP contribution in [0.1, 0.15) is 57.8 Å². The Kier molecular flexibility index (Phi) is 3.99. The standard InChI is InChI=1S/C14H22O/c15-14-10-4-2-1-3-7-12-8-5-6-9-13(12)11-14/h5,8,12-13H,1-4,6-7,9-11H2. The van der Waals surface area contributed by atoms with Crippen molar-refractivity contribution in [3.63, 3.8) is 0 Å². The second kappa shape index (κ2) is 5.48. The summed E-state index contributed by atoms with van der Waals surface area (Å²) in [7, 11) is 0. The fourth-order valence-corrected chi connectivity index (χ4v) is 2.99. The third-order valence-electron chi connectivity index (χ3n) is 3.93. The molecule has 0 heterocycles. The maximum Gasteiger partial charge on any atom is 0.133 e. The van der Waals surface area contributed by atoms with E-state index in [9.17, 15) is 4.79 Å². The topological polar surface area (TPSA) is 17.1 Å². The first-order valence-corrected chi connectivity index (χ1v) is 6.54. The molecule has 1 nitrogen and oxygen atoms in total. The number of ketones is 1. The van der Waals surface area contributed by atoms with Crippen LogP contribution in [0.25, 0.3) is 0 Å². The lowest BCUT2D eigenvalue weighted by Gasteiger charge is -2.28. The normalized spacial score (nSPS) is 33.5. The van der Waals surface area contributed by atoms with Crippen molar-refractivity contribution >= 4 is 5.78 Å². The van der Waals surface area contributed by atoms with Gasteiger partial charge >= 0.3 is 0 Å². The minimum absolute atomic E-state index is 0.516. The average molecular weight is 206 g/mol. The molecule has 1 heteroatoms. The number of rotatable bonds is 0. The van der Waals surface area contributed by atoms with Crippen molar-refractivity contribution in [1.82, 2.24) is 0 Å². The average Bonchev–Trinajstić information content (AvgIpc) is 2.25. The summed E-state index contributed by atoms with van der Waals surface area (Å²) in [6.45, 7) is 0. The van der Waals surface area contributed by atoms with E-state index >= 15 is 0 Å². The number of hydrogen-bond acceptors (Lipinski definition) is 1. The van der Waals surface area contributed by atoms with Gasteiger partial charge in [0.25, 0.3) is 0 Å². The molecular formula is C14H22O. The minimum atomic E-state index is 0.516. The van der Waals surface area contributed by atoms with Gasteiger partial charge in [-0.25, -0.2) is 0 Å². The van der Waals surface area contributed by atoms with Gasteiger partial charge in [-0.05, 0) is 37.5 Å². The van der Waals surface area contributed by atoms with Crippen LogP contribution in [0.5, 0.6) is 0 Å². The van der Waals surface area contributed by atoms with Gasteiger partial charge in [-0.15, -0.1) is 0 Å². The van der Waals surface area contributed by atoms with Crippen LogP contribution in [-0.4, -0.2) is 5.78 Å². The van der Waals surface area contributed by atoms with Gasteiger partial charge in [0, 0.05) is 12.8 Å². The quantitative estimate of drug-likeness (QED) is 0.550. The summed E-state index contributed by atoms with van der Waals surface area (Å²) >= 11 is 0. The Morgan fingerprint density at radius 1 is 1.07 bits per heavy atom. The number of allylic oxidation sites excluding steroid dienone is 2. The molecule has 15 heavy (non-hydrogen) atoms. The van der Waals surface area contributed by atoms with E-state index in [1.54, 1.807) is 0 Å². The number of hydrogen-bond donors (Lipinski definition) is 0. The smallest absolute Gasteiger partial charge is 0.133 e. The van der Waals surface area contributed by atoms with Gasteiger partial charge in [0.1, 0.15) is 5.78 Å². The van der Waals surface area contributed by atoms with Crippen molar-refractivity contribution in [1.29, 1.82) is 0 Å². The zero-order chi connectivity index (χ0) is 10.5. The molecule has 0 saturated heterocycles.